The van der Waals surface area contributed by atoms with E-state index in [9.17, 15) is 13.2 Å². The third kappa shape index (κ3) is 3.14. The third-order valence-corrected chi connectivity index (χ3v) is 1.73. The van der Waals surface area contributed by atoms with Crippen molar-refractivity contribution >= 4 is 22.9 Å². The average Bonchev–Trinajstić information content (AvgIpc) is 2.17. The molecule has 0 radical (unpaired) electrons. The Labute approximate surface area is 86.3 Å². The summed E-state index contributed by atoms with van der Waals surface area (Å²) in [4.78, 5) is 17.6. The lowest BCUT2D eigenvalue weighted by atomic mass is 10.4. The van der Waals surface area contributed by atoms with Crippen LogP contribution in [0.3, 0.4) is 0 Å². The normalized spacial score (nSPS) is 10.3. The van der Waals surface area contributed by atoms with Gasteiger partial charge in [-0.05, 0) is 0 Å². The smallest absolute Gasteiger partial charge is 0.338 e. The summed E-state index contributed by atoms with van der Waals surface area (Å²) in [6.07, 6.45) is 2.09. The van der Waals surface area contributed by atoms with Gasteiger partial charge in [0.15, 0.2) is 0 Å². The highest BCUT2D eigenvalue weighted by Crippen LogP contribution is 2.05. The zero-order valence-corrected chi connectivity index (χ0v) is 8.42. The van der Waals surface area contributed by atoms with E-state index in [0.29, 0.717) is 0 Å². The van der Waals surface area contributed by atoms with E-state index in [-0.39, 0.29) is 11.5 Å². The predicted molar refractivity (Wildman–Crippen MR) is 48.8 cm³/mol. The van der Waals surface area contributed by atoms with Crippen molar-refractivity contribution < 1.29 is 22.6 Å². The molecule has 0 saturated carbocycles. The van der Waals surface area contributed by atoms with Gasteiger partial charge < -0.3 is 5.11 Å². The van der Waals surface area contributed by atoms with Crippen LogP contribution in [-0.4, -0.2) is 36.5 Å². The SMILES string of the molecule is CN(O[SH](=O)=O)c1ncc(C(=O)O)cn1. The minimum atomic E-state index is -3.05. The van der Waals surface area contributed by atoms with E-state index in [0.717, 1.165) is 17.5 Å². The Hall–Kier alpha value is -1.74. The van der Waals surface area contributed by atoms with Crippen molar-refractivity contribution in [3.63, 3.8) is 0 Å². The number of thiol groups is 1. The Morgan fingerprint density at radius 2 is 2.00 bits per heavy atom. The van der Waals surface area contributed by atoms with Crippen LogP contribution in [0.1, 0.15) is 10.4 Å². The van der Waals surface area contributed by atoms with E-state index in [1.54, 1.807) is 0 Å². The fourth-order valence-electron chi connectivity index (χ4n) is 0.731. The van der Waals surface area contributed by atoms with Crippen LogP contribution in [0.2, 0.25) is 0 Å². The molecule has 1 rings (SSSR count). The molecule has 1 N–H and O–H groups in total. The molecule has 0 saturated heterocycles. The van der Waals surface area contributed by atoms with Crippen molar-refractivity contribution in [2.75, 3.05) is 12.1 Å². The fraction of sp³-hybridized carbons (Fsp3) is 0.167. The first-order chi connectivity index (χ1) is 7.00. The lowest BCUT2D eigenvalue weighted by molar-refractivity contribution is 0.0696. The van der Waals surface area contributed by atoms with Crippen LogP contribution < -0.4 is 5.06 Å². The van der Waals surface area contributed by atoms with Crippen LogP contribution in [0.15, 0.2) is 12.4 Å². The Kier molecular flexibility index (Phi) is 3.52. The first-order valence-corrected chi connectivity index (χ1v) is 4.72. The number of carboxylic acid groups (broad SMARTS) is 1. The molecule has 8 nitrogen and oxygen atoms in total. The van der Waals surface area contributed by atoms with Gasteiger partial charge in [-0.25, -0.2) is 28.2 Å². The molecule has 0 bridgehead atoms. The molecule has 0 aliphatic rings. The van der Waals surface area contributed by atoms with Crippen LogP contribution in [-0.2, 0) is 15.3 Å². The number of carboxylic acids is 1. The standard InChI is InChI=1S/C6H7N3O5S/c1-9(14-15(12)13)6-7-2-4(3-8-6)5(10)11/h2-3,15H,1H3,(H,10,11). The molecular formula is C6H7N3O5S. The van der Waals surface area contributed by atoms with Gasteiger partial charge >= 0.3 is 5.97 Å². The number of rotatable bonds is 4. The molecule has 1 heterocycles. The number of aromatic nitrogens is 2. The maximum absolute atomic E-state index is 10.4. The van der Waals surface area contributed by atoms with Gasteiger partial charge in [-0.3, -0.25) is 0 Å². The molecule has 1 aromatic heterocycles. The van der Waals surface area contributed by atoms with Crippen molar-refractivity contribution in [3.8, 4) is 0 Å². The van der Waals surface area contributed by atoms with Crippen molar-refractivity contribution in [2.24, 2.45) is 0 Å². The summed E-state index contributed by atoms with van der Waals surface area (Å²) < 4.78 is 24.6. The lowest BCUT2D eigenvalue weighted by Crippen LogP contribution is -2.19. The van der Waals surface area contributed by atoms with E-state index in [1.165, 1.54) is 7.05 Å². The predicted octanol–water partition coefficient (Wildman–Crippen LogP) is -0.931. The van der Waals surface area contributed by atoms with Gasteiger partial charge in [-0.2, -0.15) is 0 Å². The summed E-state index contributed by atoms with van der Waals surface area (Å²) in [6.45, 7) is 0. The number of nitrogens with zero attached hydrogens (tertiary/aromatic N) is 3. The van der Waals surface area contributed by atoms with Gasteiger partial charge in [0.25, 0.3) is 16.9 Å². The highest BCUT2D eigenvalue weighted by molar-refractivity contribution is 7.67. The number of anilines is 1. The molecule has 0 aliphatic carbocycles. The molecule has 82 valence electrons. The van der Waals surface area contributed by atoms with Crippen LogP contribution in [0.4, 0.5) is 5.95 Å². The van der Waals surface area contributed by atoms with E-state index in [1.807, 2.05) is 0 Å². The van der Waals surface area contributed by atoms with E-state index in [4.69, 9.17) is 5.11 Å². The second kappa shape index (κ2) is 4.66. The largest absolute Gasteiger partial charge is 0.478 e. The molecule has 0 spiro atoms. The summed E-state index contributed by atoms with van der Waals surface area (Å²) in [5, 5.41) is 9.34. The van der Waals surface area contributed by atoms with Crippen LogP contribution in [0.25, 0.3) is 0 Å². The molecule has 1 aromatic rings. The number of aromatic carboxylic acids is 1. The maximum atomic E-state index is 10.4. The molecule has 9 heteroatoms. The molecule has 0 amide bonds. The minimum Gasteiger partial charge on any atom is -0.478 e. The summed E-state index contributed by atoms with van der Waals surface area (Å²) in [7, 11) is -1.78. The van der Waals surface area contributed by atoms with Gasteiger partial charge in [0.1, 0.15) is 0 Å². The highest BCUT2D eigenvalue weighted by Gasteiger charge is 2.08. The highest BCUT2D eigenvalue weighted by atomic mass is 32.2. The van der Waals surface area contributed by atoms with E-state index in [2.05, 4.69) is 14.3 Å². The molecule has 15 heavy (non-hydrogen) atoms. The quantitative estimate of drug-likeness (QED) is 0.507. The monoisotopic (exact) mass is 233 g/mol. The number of hydroxylamine groups is 1. The van der Waals surface area contributed by atoms with Gasteiger partial charge in [0, 0.05) is 19.4 Å². The Bertz CT molecular complexity index is 421. The van der Waals surface area contributed by atoms with Gasteiger partial charge in [0.05, 0.1) is 5.56 Å². The molecular weight excluding hydrogens is 226 g/mol. The zero-order chi connectivity index (χ0) is 11.4. The molecule has 0 atom stereocenters. The molecule has 0 aromatic carbocycles. The Morgan fingerprint density at radius 3 is 2.40 bits per heavy atom. The summed E-state index contributed by atoms with van der Waals surface area (Å²) >= 11 is 0. The minimum absolute atomic E-state index is 0.0563. The first kappa shape index (κ1) is 11.3. The Morgan fingerprint density at radius 1 is 1.47 bits per heavy atom. The van der Waals surface area contributed by atoms with Crippen molar-refractivity contribution in [1.29, 1.82) is 0 Å². The van der Waals surface area contributed by atoms with Gasteiger partial charge in [-0.15, -0.1) is 4.28 Å². The van der Waals surface area contributed by atoms with Crippen molar-refractivity contribution in [3.05, 3.63) is 18.0 Å². The van der Waals surface area contributed by atoms with Crippen LogP contribution in [0, 0.1) is 0 Å². The van der Waals surface area contributed by atoms with Crippen molar-refractivity contribution in [1.82, 2.24) is 9.97 Å². The van der Waals surface area contributed by atoms with Crippen LogP contribution >= 0.6 is 0 Å². The lowest BCUT2D eigenvalue weighted by Gasteiger charge is -2.10. The second-order valence-electron chi connectivity index (χ2n) is 2.38. The number of hydrogen-bond acceptors (Lipinski definition) is 7. The average molecular weight is 233 g/mol. The van der Waals surface area contributed by atoms with Crippen molar-refractivity contribution in [2.45, 2.75) is 0 Å². The number of carbonyl (C=O) groups is 1. The first-order valence-electron chi connectivity index (χ1n) is 3.62. The topological polar surface area (TPSA) is 110 Å². The zero-order valence-electron chi connectivity index (χ0n) is 7.52. The Balaban J connectivity index is 2.84. The van der Waals surface area contributed by atoms with Gasteiger partial charge in [-0.1, -0.05) is 0 Å². The second-order valence-corrected chi connectivity index (χ2v) is 2.99. The molecule has 0 fully saturated rings. The van der Waals surface area contributed by atoms with E-state index >= 15 is 0 Å². The summed E-state index contributed by atoms with van der Waals surface area (Å²) in [5.74, 6) is -1.22. The summed E-state index contributed by atoms with van der Waals surface area (Å²) in [5.41, 5.74) is -0.0985. The maximum Gasteiger partial charge on any atom is 0.338 e. The third-order valence-electron chi connectivity index (χ3n) is 1.36. The summed E-state index contributed by atoms with van der Waals surface area (Å²) in [6, 6.07) is 0. The molecule has 0 unspecified atom stereocenters. The van der Waals surface area contributed by atoms with E-state index < -0.39 is 17.0 Å². The fourth-order valence-corrected chi connectivity index (χ4v) is 1.00. The van der Waals surface area contributed by atoms with Gasteiger partial charge in [0.2, 0.25) is 0 Å². The number of hydrogen-bond donors (Lipinski definition) is 2. The molecule has 0 aliphatic heterocycles. The van der Waals surface area contributed by atoms with Crippen LogP contribution in [0.5, 0.6) is 0 Å².